The molecule has 0 fully saturated rings. The molecule has 0 N–H and O–H groups in total. The van der Waals surface area contributed by atoms with Gasteiger partial charge in [0.05, 0.1) is 0 Å². The van der Waals surface area contributed by atoms with Crippen LogP contribution in [0.4, 0.5) is 0 Å². The molecule has 3 heteroatoms. The third kappa shape index (κ3) is 3.86. The third-order valence-electron chi connectivity index (χ3n) is 1.55. The van der Waals surface area contributed by atoms with Crippen LogP contribution >= 0.6 is 0 Å². The minimum Gasteiger partial charge on any atom is -0.493 e. The third-order valence-corrected chi connectivity index (χ3v) is 1.55. The van der Waals surface area contributed by atoms with Gasteiger partial charge >= 0.3 is 18.9 Å². The Kier molecular flexibility index (Phi) is 5.90. The molecule has 0 aliphatic carbocycles. The van der Waals surface area contributed by atoms with Gasteiger partial charge in [0.2, 0.25) is 0 Å². The van der Waals surface area contributed by atoms with Crippen molar-refractivity contribution in [3.63, 3.8) is 0 Å². The molecule has 0 unspecified atom stereocenters. The number of methoxy groups -OCH3 is 1. The van der Waals surface area contributed by atoms with Gasteiger partial charge in [0, 0.05) is 12.9 Å². The van der Waals surface area contributed by atoms with Crippen LogP contribution in [0.25, 0.3) is 0 Å². The van der Waals surface area contributed by atoms with E-state index in [1.807, 2.05) is 19.9 Å². The van der Waals surface area contributed by atoms with Crippen LogP contribution in [0, 0.1) is 19.9 Å². The molecule has 66 valence electrons. The van der Waals surface area contributed by atoms with Crippen molar-refractivity contribution in [3.8, 4) is 5.75 Å². The monoisotopic (exact) mass is 172 g/mol. The standard InChI is InChI=1S/C10H13O2.Li/c1-8-4-5-10(9(2)6-8)12-7-11-3;/h4,6H,7H2,1-3H3;/q-1;+1. The van der Waals surface area contributed by atoms with Crippen molar-refractivity contribution in [2.45, 2.75) is 13.8 Å². The van der Waals surface area contributed by atoms with Crippen molar-refractivity contribution >= 4 is 0 Å². The Morgan fingerprint density at radius 1 is 1.38 bits per heavy atom. The van der Waals surface area contributed by atoms with Crippen LogP contribution in [0.2, 0.25) is 0 Å². The fourth-order valence-electron chi connectivity index (χ4n) is 1.02. The van der Waals surface area contributed by atoms with E-state index in [4.69, 9.17) is 9.47 Å². The molecule has 0 saturated heterocycles. The van der Waals surface area contributed by atoms with E-state index < -0.39 is 0 Å². The van der Waals surface area contributed by atoms with Gasteiger partial charge in [0.25, 0.3) is 0 Å². The van der Waals surface area contributed by atoms with Gasteiger partial charge in [0.15, 0.2) is 6.79 Å². The van der Waals surface area contributed by atoms with Gasteiger partial charge in [-0.3, -0.25) is 0 Å². The maximum atomic E-state index is 5.26. The predicted molar refractivity (Wildman–Crippen MR) is 47.3 cm³/mol. The Labute approximate surface area is 91.4 Å². The molecule has 0 bridgehead atoms. The van der Waals surface area contributed by atoms with Crippen LogP contribution in [0.3, 0.4) is 0 Å². The first-order valence-electron chi connectivity index (χ1n) is 3.84. The summed E-state index contributed by atoms with van der Waals surface area (Å²) in [4.78, 5) is 0. The van der Waals surface area contributed by atoms with Gasteiger partial charge in [0.1, 0.15) is 0 Å². The van der Waals surface area contributed by atoms with E-state index in [1.54, 1.807) is 7.11 Å². The second-order valence-electron chi connectivity index (χ2n) is 2.74. The zero-order valence-corrected chi connectivity index (χ0v) is 8.68. The predicted octanol–water partition coefficient (Wildman–Crippen LogP) is -0.910. The molecule has 0 aliphatic heterocycles. The summed E-state index contributed by atoms with van der Waals surface area (Å²) in [6, 6.07) is 7.00. The molecule has 2 nitrogen and oxygen atoms in total. The fraction of sp³-hybridized carbons (Fsp3) is 0.400. The van der Waals surface area contributed by atoms with E-state index in [0.29, 0.717) is 0 Å². The van der Waals surface area contributed by atoms with Crippen molar-refractivity contribution in [2.75, 3.05) is 13.9 Å². The van der Waals surface area contributed by atoms with Crippen molar-refractivity contribution in [3.05, 3.63) is 29.3 Å². The minimum atomic E-state index is 0. The van der Waals surface area contributed by atoms with Gasteiger partial charge in [-0.25, -0.2) is 0 Å². The van der Waals surface area contributed by atoms with Crippen LogP contribution in [-0.2, 0) is 4.74 Å². The van der Waals surface area contributed by atoms with Crippen molar-refractivity contribution in [1.29, 1.82) is 0 Å². The van der Waals surface area contributed by atoms with E-state index in [1.165, 1.54) is 5.56 Å². The first-order chi connectivity index (χ1) is 5.74. The number of hydrogen-bond acceptors (Lipinski definition) is 2. The van der Waals surface area contributed by atoms with Crippen LogP contribution in [0.5, 0.6) is 5.75 Å². The SMILES string of the molecule is COCOc1[c-]cc(C)cc1C.[Li+]. The van der Waals surface area contributed by atoms with Gasteiger partial charge in [-0.2, -0.15) is 17.7 Å². The van der Waals surface area contributed by atoms with Gasteiger partial charge < -0.3 is 9.47 Å². The maximum Gasteiger partial charge on any atom is 1.00 e. The maximum absolute atomic E-state index is 5.26. The fourth-order valence-corrected chi connectivity index (χ4v) is 1.02. The quantitative estimate of drug-likeness (QED) is 0.334. The first kappa shape index (κ1) is 12.6. The summed E-state index contributed by atoms with van der Waals surface area (Å²) in [7, 11) is 1.60. The smallest absolute Gasteiger partial charge is 0.493 e. The van der Waals surface area contributed by atoms with Crippen LogP contribution in [-0.4, -0.2) is 13.9 Å². The average molecular weight is 172 g/mol. The Balaban J connectivity index is 0.00000144. The van der Waals surface area contributed by atoms with Crippen LogP contribution < -0.4 is 23.6 Å². The molecular formula is C10H13LiO2. The summed E-state index contributed by atoms with van der Waals surface area (Å²) in [6.45, 7) is 4.30. The number of benzene rings is 1. The average Bonchev–Trinajstić information content (AvgIpc) is 2.03. The number of aryl methyl sites for hydroxylation is 2. The molecule has 0 atom stereocenters. The Bertz CT molecular complexity index is 261. The second kappa shape index (κ2) is 6.10. The van der Waals surface area contributed by atoms with E-state index in [2.05, 4.69) is 12.1 Å². The van der Waals surface area contributed by atoms with Gasteiger partial charge in [-0.15, -0.1) is 11.6 Å². The Morgan fingerprint density at radius 2 is 2.08 bits per heavy atom. The molecule has 0 radical (unpaired) electrons. The van der Waals surface area contributed by atoms with Crippen LogP contribution in [0.15, 0.2) is 12.1 Å². The summed E-state index contributed by atoms with van der Waals surface area (Å²) in [5.41, 5.74) is 2.28. The summed E-state index contributed by atoms with van der Waals surface area (Å²) < 4.78 is 10.1. The van der Waals surface area contributed by atoms with Crippen molar-refractivity contribution < 1.29 is 28.3 Å². The van der Waals surface area contributed by atoms with Gasteiger partial charge in [-0.1, -0.05) is 13.8 Å². The van der Waals surface area contributed by atoms with Crippen LogP contribution in [0.1, 0.15) is 11.1 Å². The molecule has 0 spiro atoms. The molecule has 0 saturated carbocycles. The summed E-state index contributed by atoms with van der Waals surface area (Å²) >= 11 is 0. The molecular weight excluding hydrogens is 159 g/mol. The van der Waals surface area contributed by atoms with E-state index in [9.17, 15) is 0 Å². The minimum absolute atomic E-state index is 0. The number of hydrogen-bond donors (Lipinski definition) is 0. The summed E-state index contributed by atoms with van der Waals surface area (Å²) in [5.74, 6) is 0.766. The second-order valence-corrected chi connectivity index (χ2v) is 2.74. The molecule has 13 heavy (non-hydrogen) atoms. The number of rotatable bonds is 3. The molecule has 0 aliphatic rings. The normalized spacial score (nSPS) is 9.15. The van der Waals surface area contributed by atoms with Crippen molar-refractivity contribution in [1.82, 2.24) is 0 Å². The Hall–Kier alpha value is -0.423. The number of ether oxygens (including phenoxy) is 2. The summed E-state index contributed by atoms with van der Waals surface area (Å²) in [6.07, 6.45) is 0. The van der Waals surface area contributed by atoms with Gasteiger partial charge in [-0.05, 0) is 0 Å². The molecule has 1 aromatic rings. The van der Waals surface area contributed by atoms with Crippen molar-refractivity contribution in [2.24, 2.45) is 0 Å². The molecule has 0 amide bonds. The largest absolute Gasteiger partial charge is 1.00 e. The van der Waals surface area contributed by atoms with E-state index >= 15 is 0 Å². The zero-order chi connectivity index (χ0) is 8.97. The van der Waals surface area contributed by atoms with E-state index in [0.717, 1.165) is 11.3 Å². The zero-order valence-electron chi connectivity index (χ0n) is 8.68. The first-order valence-corrected chi connectivity index (χ1v) is 3.84. The summed E-state index contributed by atoms with van der Waals surface area (Å²) in [5, 5.41) is 0. The topological polar surface area (TPSA) is 18.5 Å². The molecule has 1 aromatic carbocycles. The molecule has 0 aromatic heterocycles. The van der Waals surface area contributed by atoms with E-state index in [-0.39, 0.29) is 25.7 Å². The Morgan fingerprint density at radius 3 is 2.62 bits per heavy atom. The molecule has 0 heterocycles. The molecule has 1 rings (SSSR count).